The minimum Gasteiger partial charge on any atom is -0.462 e. The van der Waals surface area contributed by atoms with Crippen LogP contribution in [0.4, 0.5) is 0 Å². The van der Waals surface area contributed by atoms with E-state index in [0.29, 0.717) is 54.0 Å². The second kappa shape index (κ2) is 10.5. The summed E-state index contributed by atoms with van der Waals surface area (Å²) in [5.41, 5.74) is 1.76. The fraction of sp³-hybridized carbons (Fsp3) is 0.520. The van der Waals surface area contributed by atoms with E-state index in [0.717, 1.165) is 19.4 Å². The average molecular weight is 428 g/mol. The molecule has 0 aromatic heterocycles. The number of hydrogen-bond acceptors (Lipinski definition) is 5. The molecule has 0 bridgehead atoms. The molecule has 1 heterocycles. The van der Waals surface area contributed by atoms with Gasteiger partial charge in [0.2, 0.25) is 5.91 Å². The number of nitrogens with zero attached hydrogens (tertiary/aromatic N) is 1. The number of Topliss-reactive ketones (excluding diaryl/α,β-unsaturated/α-hetero) is 2. The van der Waals surface area contributed by atoms with Crippen molar-refractivity contribution in [1.29, 1.82) is 0 Å². The summed E-state index contributed by atoms with van der Waals surface area (Å²) in [4.78, 5) is 48.9. The van der Waals surface area contributed by atoms with E-state index in [1.807, 2.05) is 25.7 Å². The molecule has 0 radical (unpaired) electrons. The topological polar surface area (TPSA) is 80.8 Å². The zero-order chi connectivity index (χ0) is 23.2. The molecule has 3 rings (SSSR count). The van der Waals surface area contributed by atoms with Gasteiger partial charge in [-0.2, -0.15) is 0 Å². The number of hydrogen-bond donors (Lipinski definition) is 0. The van der Waals surface area contributed by atoms with Gasteiger partial charge < -0.3 is 9.64 Å². The number of ketones is 2. The van der Waals surface area contributed by atoms with Gasteiger partial charge in [0.25, 0.3) is 6.47 Å². The third-order valence-electron chi connectivity index (χ3n) is 5.58. The Morgan fingerprint density at radius 3 is 2.26 bits per heavy atom. The van der Waals surface area contributed by atoms with Crippen molar-refractivity contribution < 1.29 is 23.9 Å². The van der Waals surface area contributed by atoms with Crippen molar-refractivity contribution in [3.8, 4) is 0 Å². The highest BCUT2D eigenvalue weighted by atomic mass is 16.5. The highest BCUT2D eigenvalue weighted by molar-refractivity contribution is 6.26. The van der Waals surface area contributed by atoms with Crippen molar-refractivity contribution in [3.63, 3.8) is 0 Å². The van der Waals surface area contributed by atoms with E-state index < -0.39 is 0 Å². The average Bonchev–Trinajstić information content (AvgIpc) is 3.14. The monoisotopic (exact) mass is 427 g/mol. The van der Waals surface area contributed by atoms with Gasteiger partial charge in [-0.15, -0.1) is 0 Å². The van der Waals surface area contributed by atoms with E-state index in [4.69, 9.17) is 0 Å². The third kappa shape index (κ3) is 6.36. The molecule has 1 aliphatic heterocycles. The summed E-state index contributed by atoms with van der Waals surface area (Å²) in [6.07, 6.45) is 3.67. The van der Waals surface area contributed by atoms with Crippen molar-refractivity contribution >= 4 is 23.9 Å². The minimum atomic E-state index is -0.318. The van der Waals surface area contributed by atoms with Crippen LogP contribution in [0.1, 0.15) is 87.4 Å². The molecule has 1 aromatic carbocycles. The van der Waals surface area contributed by atoms with Gasteiger partial charge in [0.05, 0.1) is 0 Å². The summed E-state index contributed by atoms with van der Waals surface area (Å²) in [5, 5.41) is 0. The molecule has 0 unspecified atom stereocenters. The molecule has 0 saturated carbocycles. The van der Waals surface area contributed by atoms with E-state index in [1.165, 1.54) is 0 Å². The Hall–Kier alpha value is -2.76. The number of allylic oxidation sites excluding steroid dienone is 2. The summed E-state index contributed by atoms with van der Waals surface area (Å²) in [7, 11) is 0. The fourth-order valence-corrected chi connectivity index (χ4v) is 3.86. The second-order valence-corrected chi connectivity index (χ2v) is 9.07. The van der Waals surface area contributed by atoms with Gasteiger partial charge in [0.15, 0.2) is 11.6 Å². The van der Waals surface area contributed by atoms with Crippen LogP contribution in [0.25, 0.3) is 0 Å². The van der Waals surface area contributed by atoms with Gasteiger partial charge in [-0.3, -0.25) is 19.2 Å². The lowest BCUT2D eigenvalue weighted by Gasteiger charge is -2.22. The van der Waals surface area contributed by atoms with Crippen molar-refractivity contribution in [3.05, 3.63) is 46.5 Å². The Bertz CT molecular complexity index is 878. The predicted octanol–water partition coefficient (Wildman–Crippen LogP) is 4.52. The molecule has 1 fully saturated rings. The first-order valence-corrected chi connectivity index (χ1v) is 10.9. The van der Waals surface area contributed by atoms with Gasteiger partial charge in [-0.05, 0) is 60.3 Å². The molecular weight excluding hydrogens is 394 g/mol. The van der Waals surface area contributed by atoms with Crippen LogP contribution in [-0.4, -0.2) is 47.0 Å². The smallest absolute Gasteiger partial charge is 0.293 e. The summed E-state index contributed by atoms with van der Waals surface area (Å²) in [5.74, 6) is 0.0256. The Morgan fingerprint density at radius 1 is 1.16 bits per heavy atom. The van der Waals surface area contributed by atoms with Crippen LogP contribution in [-0.2, 0) is 14.3 Å². The summed E-state index contributed by atoms with van der Waals surface area (Å²) in [6, 6.07) is 7.29. The number of rotatable bonds is 5. The summed E-state index contributed by atoms with van der Waals surface area (Å²) in [6.45, 7) is 10.6. The van der Waals surface area contributed by atoms with Crippen LogP contribution in [0.3, 0.4) is 0 Å². The Balaban J connectivity index is 0.000000423. The molecule has 1 saturated heterocycles. The molecule has 6 nitrogen and oxygen atoms in total. The van der Waals surface area contributed by atoms with Crippen LogP contribution >= 0.6 is 0 Å². The largest absolute Gasteiger partial charge is 0.462 e. The van der Waals surface area contributed by atoms with Crippen molar-refractivity contribution in [1.82, 2.24) is 4.90 Å². The van der Waals surface area contributed by atoms with Gasteiger partial charge >= 0.3 is 0 Å². The normalized spacial score (nSPS) is 18.4. The SMILES string of the molecule is CC(C)(C)OC=O.CC1=C(CCCC(=O)N2CCC[C@H]2C)C(=O)c2ccccc2C1=O. The number of ether oxygens (including phenoxy) is 1. The molecule has 0 spiro atoms. The number of likely N-dealkylation sites (tertiary alicyclic amines) is 1. The van der Waals surface area contributed by atoms with Crippen LogP contribution < -0.4 is 0 Å². The molecule has 1 aliphatic carbocycles. The molecule has 168 valence electrons. The van der Waals surface area contributed by atoms with Gasteiger partial charge in [0, 0.05) is 41.3 Å². The molecule has 1 aromatic rings. The maximum Gasteiger partial charge on any atom is 0.293 e. The van der Waals surface area contributed by atoms with E-state index in [1.54, 1.807) is 31.2 Å². The van der Waals surface area contributed by atoms with E-state index >= 15 is 0 Å². The van der Waals surface area contributed by atoms with Crippen molar-refractivity contribution in [2.75, 3.05) is 6.54 Å². The zero-order valence-corrected chi connectivity index (χ0v) is 19.2. The van der Waals surface area contributed by atoms with E-state index in [2.05, 4.69) is 11.7 Å². The fourth-order valence-electron chi connectivity index (χ4n) is 3.86. The lowest BCUT2D eigenvalue weighted by atomic mass is 9.83. The quantitative estimate of drug-likeness (QED) is 0.645. The Labute approximate surface area is 184 Å². The van der Waals surface area contributed by atoms with Crippen LogP contribution in [0, 0.1) is 0 Å². The third-order valence-corrected chi connectivity index (χ3v) is 5.58. The maximum atomic E-state index is 12.7. The van der Waals surface area contributed by atoms with E-state index in [9.17, 15) is 19.2 Å². The number of amides is 1. The standard InChI is InChI=1S/C20H23NO3.C5H10O2/c1-13-7-6-12-21(13)18(22)11-5-10-15-14(2)19(23)16-8-3-4-9-17(16)20(15)24;1-5(2,3)7-4-6/h3-4,8-9,13H,5-7,10-12H2,1-2H3;4H,1-3H3/t13-;/m1./s1. The van der Waals surface area contributed by atoms with Gasteiger partial charge in [-0.1, -0.05) is 24.3 Å². The Kier molecular flexibility index (Phi) is 8.31. The number of fused-ring (bicyclic) bond motifs is 1. The molecule has 2 aliphatic rings. The van der Waals surface area contributed by atoms with Crippen molar-refractivity contribution in [2.24, 2.45) is 0 Å². The molecule has 31 heavy (non-hydrogen) atoms. The second-order valence-electron chi connectivity index (χ2n) is 9.07. The number of carbonyl (C=O) groups is 4. The molecule has 6 heteroatoms. The zero-order valence-electron chi connectivity index (χ0n) is 19.2. The first-order valence-electron chi connectivity index (χ1n) is 10.9. The van der Waals surface area contributed by atoms with Gasteiger partial charge in [-0.25, -0.2) is 0 Å². The van der Waals surface area contributed by atoms with Gasteiger partial charge in [0.1, 0.15) is 5.60 Å². The number of carbonyl (C=O) groups excluding carboxylic acids is 4. The summed E-state index contributed by atoms with van der Waals surface area (Å²) >= 11 is 0. The lowest BCUT2D eigenvalue weighted by Crippen LogP contribution is -2.33. The van der Waals surface area contributed by atoms with Crippen LogP contribution in [0.5, 0.6) is 0 Å². The first-order chi connectivity index (χ1) is 14.6. The highest BCUT2D eigenvalue weighted by Gasteiger charge is 2.30. The minimum absolute atomic E-state index is 0.0651. The van der Waals surface area contributed by atoms with Crippen LogP contribution in [0.15, 0.2) is 35.4 Å². The predicted molar refractivity (Wildman–Crippen MR) is 119 cm³/mol. The molecule has 1 amide bonds. The van der Waals surface area contributed by atoms with E-state index in [-0.39, 0.29) is 23.1 Å². The molecule has 0 N–H and O–H groups in total. The summed E-state index contributed by atoms with van der Waals surface area (Å²) < 4.78 is 4.55. The van der Waals surface area contributed by atoms with Crippen molar-refractivity contribution in [2.45, 2.75) is 78.4 Å². The van der Waals surface area contributed by atoms with Crippen LogP contribution in [0.2, 0.25) is 0 Å². The number of benzene rings is 1. The maximum absolute atomic E-state index is 12.7. The molecule has 1 atom stereocenters. The Morgan fingerprint density at radius 2 is 1.77 bits per heavy atom. The molecular formula is C25H33NO5. The lowest BCUT2D eigenvalue weighted by molar-refractivity contribution is -0.138. The highest BCUT2D eigenvalue weighted by Crippen LogP contribution is 2.29. The first kappa shape index (κ1) is 24.5.